The van der Waals surface area contributed by atoms with Crippen LogP contribution in [-0.4, -0.2) is 5.91 Å². The van der Waals surface area contributed by atoms with E-state index in [1.165, 1.54) is 11.3 Å². The van der Waals surface area contributed by atoms with Gasteiger partial charge in [0.1, 0.15) is 0 Å². The number of aryl methyl sites for hydroxylation is 1. The fourth-order valence-electron chi connectivity index (χ4n) is 1.39. The molecule has 3 N–H and O–H groups in total. The molecule has 88 valence electrons. The van der Waals surface area contributed by atoms with E-state index in [-0.39, 0.29) is 5.91 Å². The summed E-state index contributed by atoms with van der Waals surface area (Å²) in [7, 11) is 0. The third-order valence-corrected chi connectivity index (χ3v) is 3.45. The summed E-state index contributed by atoms with van der Waals surface area (Å²) >= 11 is 7.14. The van der Waals surface area contributed by atoms with Crippen LogP contribution in [0.15, 0.2) is 30.3 Å². The molecule has 1 heterocycles. The maximum atomic E-state index is 11.9. The number of carbonyl (C=O) groups excluding carboxylic acids is 1. The molecule has 1 amide bonds. The number of anilines is 2. The van der Waals surface area contributed by atoms with Crippen LogP contribution in [-0.2, 0) is 0 Å². The Balaban J connectivity index is 2.21. The smallest absolute Gasteiger partial charge is 0.265 e. The van der Waals surface area contributed by atoms with Gasteiger partial charge < -0.3 is 11.1 Å². The molecule has 1 aromatic heterocycles. The van der Waals surface area contributed by atoms with Gasteiger partial charge in [-0.05, 0) is 36.8 Å². The first-order valence-corrected chi connectivity index (χ1v) is 6.18. The molecular formula is C12H11ClN2OS. The van der Waals surface area contributed by atoms with Crippen molar-refractivity contribution in [3.05, 3.63) is 45.8 Å². The van der Waals surface area contributed by atoms with Crippen molar-refractivity contribution in [3.8, 4) is 0 Å². The fraction of sp³-hybridized carbons (Fsp3) is 0.0833. The predicted octanol–water partition coefficient (Wildman–Crippen LogP) is 3.54. The van der Waals surface area contributed by atoms with Gasteiger partial charge in [0, 0.05) is 10.7 Å². The quantitative estimate of drug-likeness (QED) is 0.873. The lowest BCUT2D eigenvalue weighted by atomic mass is 10.2. The number of hydrogen-bond acceptors (Lipinski definition) is 3. The standard InChI is InChI=1S/C12H11ClN2OS/c1-7-2-3-8(13)6-9(7)15-12(16)10-4-5-11(14)17-10/h2-6H,14H2,1H3,(H,15,16). The number of carbonyl (C=O) groups is 1. The molecule has 0 aliphatic rings. The van der Waals surface area contributed by atoms with Crippen LogP contribution in [0.4, 0.5) is 10.7 Å². The van der Waals surface area contributed by atoms with E-state index >= 15 is 0 Å². The predicted molar refractivity (Wildman–Crippen MR) is 72.9 cm³/mol. The van der Waals surface area contributed by atoms with Crippen molar-refractivity contribution in [1.82, 2.24) is 0 Å². The van der Waals surface area contributed by atoms with E-state index in [1.807, 2.05) is 13.0 Å². The van der Waals surface area contributed by atoms with Crippen molar-refractivity contribution in [1.29, 1.82) is 0 Å². The molecule has 2 rings (SSSR count). The Bertz CT molecular complexity index is 565. The summed E-state index contributed by atoms with van der Waals surface area (Å²) in [5, 5.41) is 4.03. The Kier molecular flexibility index (Phi) is 3.36. The maximum Gasteiger partial charge on any atom is 0.265 e. The molecule has 1 aromatic carbocycles. The summed E-state index contributed by atoms with van der Waals surface area (Å²) in [6.45, 7) is 1.91. The third-order valence-electron chi connectivity index (χ3n) is 2.30. The van der Waals surface area contributed by atoms with Crippen LogP contribution in [0, 0.1) is 6.92 Å². The number of amides is 1. The van der Waals surface area contributed by atoms with Gasteiger partial charge in [-0.25, -0.2) is 0 Å². The molecule has 0 aliphatic carbocycles. The number of halogens is 1. The van der Waals surface area contributed by atoms with E-state index in [2.05, 4.69) is 5.32 Å². The highest BCUT2D eigenvalue weighted by Gasteiger charge is 2.10. The first-order chi connectivity index (χ1) is 8.06. The minimum absolute atomic E-state index is 0.169. The van der Waals surface area contributed by atoms with Gasteiger partial charge in [0.05, 0.1) is 9.88 Å². The van der Waals surface area contributed by atoms with Gasteiger partial charge >= 0.3 is 0 Å². The van der Waals surface area contributed by atoms with E-state index in [4.69, 9.17) is 17.3 Å². The Morgan fingerprint density at radius 3 is 2.76 bits per heavy atom. The second kappa shape index (κ2) is 4.77. The molecule has 0 atom stereocenters. The largest absolute Gasteiger partial charge is 0.391 e. The first kappa shape index (κ1) is 12.0. The van der Waals surface area contributed by atoms with Crippen LogP contribution in [0.2, 0.25) is 5.02 Å². The SMILES string of the molecule is Cc1ccc(Cl)cc1NC(=O)c1ccc(N)s1. The maximum absolute atomic E-state index is 11.9. The first-order valence-electron chi connectivity index (χ1n) is 4.99. The molecule has 3 nitrogen and oxygen atoms in total. The van der Waals surface area contributed by atoms with Gasteiger partial charge in [-0.1, -0.05) is 17.7 Å². The molecule has 5 heteroatoms. The Hall–Kier alpha value is -1.52. The van der Waals surface area contributed by atoms with Crippen LogP contribution in [0.25, 0.3) is 0 Å². The molecule has 2 aromatic rings. The number of thiophene rings is 1. The molecule has 0 aliphatic heterocycles. The number of nitrogen functional groups attached to an aromatic ring is 1. The third kappa shape index (κ3) is 2.78. The van der Waals surface area contributed by atoms with Gasteiger partial charge in [-0.2, -0.15) is 0 Å². The summed E-state index contributed by atoms with van der Waals surface area (Å²) in [6, 6.07) is 8.79. The van der Waals surface area contributed by atoms with Crippen LogP contribution >= 0.6 is 22.9 Å². The zero-order chi connectivity index (χ0) is 12.4. The highest BCUT2D eigenvalue weighted by atomic mass is 35.5. The molecule has 0 radical (unpaired) electrons. The second-order valence-corrected chi connectivity index (χ2v) is 5.17. The van der Waals surface area contributed by atoms with Crippen molar-refractivity contribution in [2.24, 2.45) is 0 Å². The summed E-state index contributed by atoms with van der Waals surface area (Å²) < 4.78 is 0. The molecule has 0 saturated heterocycles. The van der Waals surface area contributed by atoms with Crippen LogP contribution in [0.3, 0.4) is 0 Å². The van der Waals surface area contributed by atoms with Gasteiger partial charge in [-0.15, -0.1) is 11.3 Å². The summed E-state index contributed by atoms with van der Waals surface area (Å²) in [5.41, 5.74) is 7.26. The molecule has 0 saturated carbocycles. The highest BCUT2D eigenvalue weighted by Crippen LogP contribution is 2.23. The van der Waals surface area contributed by atoms with Crippen molar-refractivity contribution in [3.63, 3.8) is 0 Å². The van der Waals surface area contributed by atoms with Crippen LogP contribution < -0.4 is 11.1 Å². The number of nitrogens with two attached hydrogens (primary N) is 1. The minimum Gasteiger partial charge on any atom is -0.391 e. The lowest BCUT2D eigenvalue weighted by Gasteiger charge is -2.07. The number of nitrogens with one attached hydrogen (secondary N) is 1. The highest BCUT2D eigenvalue weighted by molar-refractivity contribution is 7.17. The molecule has 0 spiro atoms. The van der Waals surface area contributed by atoms with Crippen LogP contribution in [0.1, 0.15) is 15.2 Å². The van der Waals surface area contributed by atoms with Crippen LogP contribution in [0.5, 0.6) is 0 Å². The van der Waals surface area contributed by atoms with E-state index in [0.717, 1.165) is 11.3 Å². The number of hydrogen-bond donors (Lipinski definition) is 2. The Labute approximate surface area is 108 Å². The average Bonchev–Trinajstić information content (AvgIpc) is 2.70. The molecule has 0 unspecified atom stereocenters. The lowest BCUT2D eigenvalue weighted by Crippen LogP contribution is -2.11. The normalized spacial score (nSPS) is 10.2. The second-order valence-electron chi connectivity index (χ2n) is 3.62. The van der Waals surface area contributed by atoms with E-state index in [1.54, 1.807) is 24.3 Å². The van der Waals surface area contributed by atoms with Crippen molar-refractivity contribution in [2.75, 3.05) is 11.1 Å². The lowest BCUT2D eigenvalue weighted by molar-refractivity contribution is 0.103. The van der Waals surface area contributed by atoms with E-state index in [0.29, 0.717) is 14.9 Å². The zero-order valence-corrected chi connectivity index (χ0v) is 10.7. The minimum atomic E-state index is -0.169. The molecule has 0 bridgehead atoms. The van der Waals surface area contributed by atoms with Crippen molar-refractivity contribution in [2.45, 2.75) is 6.92 Å². The summed E-state index contributed by atoms with van der Waals surface area (Å²) in [6.07, 6.45) is 0. The topological polar surface area (TPSA) is 55.1 Å². The van der Waals surface area contributed by atoms with Gasteiger partial charge in [-0.3, -0.25) is 4.79 Å². The van der Waals surface area contributed by atoms with E-state index in [9.17, 15) is 4.79 Å². The Morgan fingerprint density at radius 2 is 2.12 bits per heavy atom. The van der Waals surface area contributed by atoms with Crippen molar-refractivity contribution < 1.29 is 4.79 Å². The van der Waals surface area contributed by atoms with E-state index < -0.39 is 0 Å². The molecule has 17 heavy (non-hydrogen) atoms. The number of benzene rings is 1. The average molecular weight is 267 g/mol. The fourth-order valence-corrected chi connectivity index (χ4v) is 2.23. The number of rotatable bonds is 2. The molecule has 0 fully saturated rings. The zero-order valence-electron chi connectivity index (χ0n) is 9.16. The Morgan fingerprint density at radius 1 is 1.35 bits per heavy atom. The summed E-state index contributed by atoms with van der Waals surface area (Å²) in [4.78, 5) is 12.5. The van der Waals surface area contributed by atoms with Gasteiger partial charge in [0.2, 0.25) is 0 Å². The van der Waals surface area contributed by atoms with Crippen molar-refractivity contribution >= 4 is 39.5 Å². The van der Waals surface area contributed by atoms with Gasteiger partial charge in [0.15, 0.2) is 0 Å². The summed E-state index contributed by atoms with van der Waals surface area (Å²) in [5.74, 6) is -0.169. The monoisotopic (exact) mass is 266 g/mol. The molecular weight excluding hydrogens is 256 g/mol. The van der Waals surface area contributed by atoms with Gasteiger partial charge in [0.25, 0.3) is 5.91 Å².